The summed E-state index contributed by atoms with van der Waals surface area (Å²) in [5.41, 5.74) is 2.23. The summed E-state index contributed by atoms with van der Waals surface area (Å²) in [5.74, 6) is 0. The van der Waals surface area contributed by atoms with E-state index in [-0.39, 0.29) is 32.8 Å². The van der Waals surface area contributed by atoms with Crippen LogP contribution < -0.4 is 0 Å². The Hall–Kier alpha value is -0.974. The Morgan fingerprint density at radius 3 is 0.409 bits per heavy atom. The van der Waals surface area contributed by atoms with Crippen LogP contribution in [0.15, 0.2) is 58.3 Å². The van der Waals surface area contributed by atoms with Gasteiger partial charge in [-0.3, -0.25) is 0 Å². The van der Waals surface area contributed by atoms with E-state index in [0.717, 1.165) is 36.8 Å². The van der Waals surface area contributed by atoms with Crippen molar-refractivity contribution in [2.75, 3.05) is 0 Å². The molecule has 0 aromatic heterocycles. The molecular formula is C84H154MgO6S2. The first-order valence-corrected chi connectivity index (χ1v) is 44.0. The SMILES string of the molecule is CCCCCCCCCCCCCCCCCCCCCCCCCCCCCCCCCCCCc1ccc(S(=O)(=O)[O-])cc1.CCCCCCCCCCCCCCCCCCCCCCCCCCCCCCCCCCCCc1ccc(S(=O)(=O)[O-])cc1.[Mg+2]. The van der Waals surface area contributed by atoms with Crippen molar-refractivity contribution in [2.24, 2.45) is 0 Å². The topological polar surface area (TPSA) is 114 Å². The van der Waals surface area contributed by atoms with Crippen molar-refractivity contribution in [3.8, 4) is 0 Å². The minimum Gasteiger partial charge on any atom is -0.744 e. The third-order valence-corrected chi connectivity index (χ3v) is 21.8. The van der Waals surface area contributed by atoms with Gasteiger partial charge in [0, 0.05) is 0 Å². The summed E-state index contributed by atoms with van der Waals surface area (Å²) in [5, 5.41) is 0. The minimum absolute atomic E-state index is 0. The molecule has 0 spiro atoms. The fourth-order valence-corrected chi connectivity index (χ4v) is 14.7. The first-order valence-electron chi connectivity index (χ1n) is 41.2. The Morgan fingerprint density at radius 2 is 0.301 bits per heavy atom. The van der Waals surface area contributed by atoms with E-state index in [1.807, 2.05) is 0 Å². The number of unbranched alkanes of at least 4 members (excludes halogenated alkanes) is 66. The van der Waals surface area contributed by atoms with Crippen molar-refractivity contribution in [2.45, 2.75) is 473 Å². The van der Waals surface area contributed by atoms with Crippen molar-refractivity contribution in [3.63, 3.8) is 0 Å². The predicted molar refractivity (Wildman–Crippen MR) is 407 cm³/mol. The van der Waals surface area contributed by atoms with Gasteiger partial charge in [0.1, 0.15) is 20.2 Å². The largest absolute Gasteiger partial charge is 2.00 e. The molecule has 0 aliphatic heterocycles. The molecule has 0 N–H and O–H groups in total. The van der Waals surface area contributed by atoms with Gasteiger partial charge in [-0.15, -0.1) is 0 Å². The zero-order chi connectivity index (χ0) is 66.5. The van der Waals surface area contributed by atoms with Crippen LogP contribution in [0.2, 0.25) is 0 Å². The average Bonchev–Trinajstić information content (AvgIpc) is 3.67. The van der Waals surface area contributed by atoms with E-state index in [4.69, 9.17) is 0 Å². The average molecular weight is 1350 g/mol. The monoisotopic (exact) mass is 1350 g/mol. The summed E-state index contributed by atoms with van der Waals surface area (Å²) in [6.07, 6.45) is 98.8. The smallest absolute Gasteiger partial charge is 0.744 e. The van der Waals surface area contributed by atoms with Crippen LogP contribution in [-0.4, -0.2) is 49.0 Å². The maximum absolute atomic E-state index is 11.0. The Bertz CT molecular complexity index is 1850. The van der Waals surface area contributed by atoms with Gasteiger partial charge in [0.05, 0.1) is 9.79 Å². The Balaban J connectivity index is 0.00000180. The van der Waals surface area contributed by atoms with Gasteiger partial charge in [0.25, 0.3) is 0 Å². The predicted octanol–water partition coefficient (Wildman–Crippen LogP) is 28.5. The molecule has 0 amide bonds. The van der Waals surface area contributed by atoms with Gasteiger partial charge < -0.3 is 9.11 Å². The fraction of sp³-hybridized carbons (Fsp3) is 0.857. The number of aryl methyl sites for hydroxylation is 2. The molecule has 0 atom stereocenters. The van der Waals surface area contributed by atoms with Crippen LogP contribution in [0.25, 0.3) is 0 Å². The second kappa shape index (κ2) is 72.3. The van der Waals surface area contributed by atoms with Gasteiger partial charge in [-0.05, 0) is 61.1 Å². The van der Waals surface area contributed by atoms with E-state index >= 15 is 0 Å². The first-order chi connectivity index (χ1) is 45.1. The molecule has 6 nitrogen and oxygen atoms in total. The second-order valence-electron chi connectivity index (χ2n) is 29.0. The number of benzene rings is 2. The Kier molecular flexibility index (Phi) is 71.5. The van der Waals surface area contributed by atoms with Gasteiger partial charge in [-0.2, -0.15) is 0 Å². The van der Waals surface area contributed by atoms with Gasteiger partial charge in [-0.25, -0.2) is 16.8 Å². The minimum atomic E-state index is -4.33. The quantitative estimate of drug-likeness (QED) is 0.0370. The number of rotatable bonds is 72. The molecule has 0 aliphatic carbocycles. The van der Waals surface area contributed by atoms with E-state index in [2.05, 4.69) is 13.8 Å². The molecule has 0 heterocycles. The van der Waals surface area contributed by atoms with Crippen molar-refractivity contribution < 1.29 is 25.9 Å². The fourth-order valence-electron chi connectivity index (χ4n) is 13.8. The molecule has 0 fully saturated rings. The molecule has 2 rings (SSSR count). The summed E-state index contributed by atoms with van der Waals surface area (Å²) in [4.78, 5) is -0.264. The van der Waals surface area contributed by atoms with Crippen LogP contribution in [0.3, 0.4) is 0 Å². The third-order valence-electron chi connectivity index (χ3n) is 20.1. The third kappa shape index (κ3) is 68.0. The summed E-state index contributed by atoms with van der Waals surface area (Å²) in [6, 6.07) is 12.8. The standard InChI is InChI=1S/2C42H78O3S.Mg/c2*1-2-3-4-5-6-7-8-9-10-11-12-13-14-15-16-17-18-19-20-21-22-23-24-25-26-27-28-29-30-31-32-33-34-35-36-41-37-39-42(40-38-41)46(43,44)45;/h2*37-40H,2-36H2,1H3,(H,43,44,45);/q;;+2/p-2. The van der Waals surface area contributed by atoms with Crippen molar-refractivity contribution in [1.29, 1.82) is 0 Å². The maximum Gasteiger partial charge on any atom is 2.00 e. The van der Waals surface area contributed by atoms with Crippen molar-refractivity contribution in [1.82, 2.24) is 0 Å². The zero-order valence-corrected chi connectivity index (χ0v) is 65.1. The van der Waals surface area contributed by atoms with Gasteiger partial charge in [-0.1, -0.05) is 462 Å². The molecule has 2 aromatic rings. The number of hydrogen-bond donors (Lipinski definition) is 0. The van der Waals surface area contributed by atoms with E-state index in [1.54, 1.807) is 24.3 Å². The van der Waals surface area contributed by atoms with Crippen LogP contribution in [0.1, 0.15) is 462 Å². The number of hydrogen-bond acceptors (Lipinski definition) is 6. The summed E-state index contributed by atoms with van der Waals surface area (Å²) >= 11 is 0. The molecule has 0 saturated carbocycles. The maximum atomic E-state index is 11.0. The van der Waals surface area contributed by atoms with E-state index in [0.29, 0.717) is 0 Å². The first kappa shape index (κ1) is 92.0. The Morgan fingerprint density at radius 1 is 0.194 bits per heavy atom. The zero-order valence-electron chi connectivity index (χ0n) is 62.1. The molecule has 0 unspecified atom stereocenters. The van der Waals surface area contributed by atoms with Crippen LogP contribution in [0, 0.1) is 0 Å². The summed E-state index contributed by atoms with van der Waals surface area (Å²) in [7, 11) is -8.66. The molecular weight excluding hydrogens is 1190 g/mol. The van der Waals surface area contributed by atoms with Gasteiger partial charge in [0.2, 0.25) is 0 Å². The Labute approximate surface area is 597 Å². The van der Waals surface area contributed by atoms with E-state index in [1.165, 1.54) is 448 Å². The molecule has 9 heteroatoms. The molecule has 0 bridgehead atoms. The van der Waals surface area contributed by atoms with Gasteiger partial charge >= 0.3 is 23.1 Å². The summed E-state index contributed by atoms with van der Waals surface area (Å²) in [6.45, 7) is 4.60. The molecule has 0 saturated heterocycles. The molecule has 93 heavy (non-hydrogen) atoms. The van der Waals surface area contributed by atoms with Crippen LogP contribution >= 0.6 is 0 Å². The van der Waals surface area contributed by atoms with Crippen LogP contribution in [0.5, 0.6) is 0 Å². The molecule has 540 valence electrons. The molecule has 0 aliphatic rings. The van der Waals surface area contributed by atoms with Crippen LogP contribution in [-0.2, 0) is 33.1 Å². The van der Waals surface area contributed by atoms with E-state index in [9.17, 15) is 25.9 Å². The molecule has 2 aromatic carbocycles. The van der Waals surface area contributed by atoms with Crippen molar-refractivity contribution >= 4 is 43.3 Å². The van der Waals surface area contributed by atoms with Crippen molar-refractivity contribution in [3.05, 3.63) is 59.7 Å². The van der Waals surface area contributed by atoms with Gasteiger partial charge in [0.15, 0.2) is 0 Å². The normalized spacial score (nSPS) is 11.7. The second-order valence-corrected chi connectivity index (χ2v) is 31.8. The summed E-state index contributed by atoms with van der Waals surface area (Å²) < 4.78 is 66.0. The molecule has 0 radical (unpaired) electrons. The van der Waals surface area contributed by atoms with Crippen LogP contribution in [0.4, 0.5) is 0 Å². The van der Waals surface area contributed by atoms with E-state index < -0.39 is 20.2 Å².